The highest BCUT2D eigenvalue weighted by molar-refractivity contribution is 5.76. The fourth-order valence-corrected chi connectivity index (χ4v) is 4.20. The molecule has 0 bridgehead atoms. The summed E-state index contributed by atoms with van der Waals surface area (Å²) in [4.78, 5) is 24.7. The molecule has 0 fully saturated rings. The van der Waals surface area contributed by atoms with Gasteiger partial charge in [0.05, 0.1) is 20.0 Å². The zero-order chi connectivity index (χ0) is 26.9. The van der Waals surface area contributed by atoms with Crippen LogP contribution >= 0.6 is 0 Å². The number of hydrogen-bond donors (Lipinski definition) is 1. The summed E-state index contributed by atoms with van der Waals surface area (Å²) >= 11 is 0. The standard InChI is InChI=1S/C30H43NO6/c1-31(2)22-27(37-30(34)20-19-29(32)33)23-36-28-18-11-10-16-25(28)15-9-7-5-4-6-8-13-24-14-12-17-26(21-24)35-3/h10-12,14,16-18,21,27H,4-9,13,15,19-20,22-23H2,1-3H3,(H,32,33). The molecule has 2 rings (SSSR count). The number of para-hydroxylation sites is 1. The first kappa shape index (κ1) is 30.2. The van der Waals surface area contributed by atoms with Gasteiger partial charge in [-0.25, -0.2) is 0 Å². The Hall–Kier alpha value is -3.06. The van der Waals surface area contributed by atoms with Crippen molar-refractivity contribution >= 4 is 11.9 Å². The van der Waals surface area contributed by atoms with Gasteiger partial charge in [0.25, 0.3) is 0 Å². The fraction of sp³-hybridized carbons (Fsp3) is 0.533. The molecule has 2 aromatic rings. The van der Waals surface area contributed by atoms with Crippen molar-refractivity contribution in [3.63, 3.8) is 0 Å². The van der Waals surface area contributed by atoms with Gasteiger partial charge in [-0.3, -0.25) is 9.59 Å². The molecule has 0 amide bonds. The third-order valence-electron chi connectivity index (χ3n) is 6.10. The number of carbonyl (C=O) groups excluding carboxylic acids is 1. The number of unbranched alkanes of at least 4 members (excludes halogenated alkanes) is 5. The van der Waals surface area contributed by atoms with E-state index in [0.717, 1.165) is 36.3 Å². The molecule has 37 heavy (non-hydrogen) atoms. The van der Waals surface area contributed by atoms with E-state index in [0.29, 0.717) is 6.54 Å². The van der Waals surface area contributed by atoms with E-state index in [1.165, 1.54) is 37.7 Å². The number of ether oxygens (including phenoxy) is 3. The molecule has 7 nitrogen and oxygen atoms in total. The average molecular weight is 514 g/mol. The number of likely N-dealkylation sites (N-methyl/N-ethyl adjacent to an activating group) is 1. The summed E-state index contributed by atoms with van der Waals surface area (Å²) in [7, 11) is 5.49. The molecule has 0 heterocycles. The fourth-order valence-electron chi connectivity index (χ4n) is 4.20. The van der Waals surface area contributed by atoms with Crippen molar-refractivity contribution in [2.75, 3.05) is 34.4 Å². The maximum Gasteiger partial charge on any atom is 0.306 e. The molecular weight excluding hydrogens is 470 g/mol. The van der Waals surface area contributed by atoms with E-state index in [4.69, 9.17) is 19.3 Å². The lowest BCUT2D eigenvalue weighted by Gasteiger charge is -2.22. The van der Waals surface area contributed by atoms with E-state index in [1.54, 1.807) is 7.11 Å². The molecule has 0 spiro atoms. The Morgan fingerprint density at radius 1 is 0.892 bits per heavy atom. The number of aryl methyl sites for hydroxylation is 2. The van der Waals surface area contributed by atoms with Gasteiger partial charge in [-0.05, 0) is 69.1 Å². The molecule has 0 saturated carbocycles. The summed E-state index contributed by atoms with van der Waals surface area (Å²) in [5.41, 5.74) is 2.49. The zero-order valence-electron chi connectivity index (χ0n) is 22.6. The lowest BCUT2D eigenvalue weighted by Crippen LogP contribution is -2.35. The Balaban J connectivity index is 1.70. The maximum absolute atomic E-state index is 12.0. The van der Waals surface area contributed by atoms with Crippen molar-refractivity contribution in [1.82, 2.24) is 4.90 Å². The number of aliphatic carboxylic acids is 1. The van der Waals surface area contributed by atoms with Crippen molar-refractivity contribution < 1.29 is 28.9 Å². The number of carboxylic acid groups (broad SMARTS) is 1. The number of nitrogens with zero attached hydrogens (tertiary/aromatic N) is 1. The summed E-state index contributed by atoms with van der Waals surface area (Å²) < 4.78 is 16.8. The van der Waals surface area contributed by atoms with Crippen molar-refractivity contribution in [3.8, 4) is 11.5 Å². The number of esters is 1. The van der Waals surface area contributed by atoms with Gasteiger partial charge >= 0.3 is 11.9 Å². The Kier molecular flexibility index (Phi) is 14.2. The first-order valence-corrected chi connectivity index (χ1v) is 13.3. The van der Waals surface area contributed by atoms with Gasteiger partial charge in [-0.15, -0.1) is 0 Å². The first-order chi connectivity index (χ1) is 17.9. The van der Waals surface area contributed by atoms with Crippen LogP contribution in [-0.4, -0.2) is 62.4 Å². The highest BCUT2D eigenvalue weighted by atomic mass is 16.6. The Labute approximate surface area is 221 Å². The molecule has 1 unspecified atom stereocenters. The van der Waals surface area contributed by atoms with E-state index in [9.17, 15) is 9.59 Å². The van der Waals surface area contributed by atoms with Gasteiger partial charge in [-0.2, -0.15) is 0 Å². The quantitative estimate of drug-likeness (QED) is 0.195. The zero-order valence-corrected chi connectivity index (χ0v) is 22.6. The number of rotatable bonds is 19. The number of methoxy groups -OCH3 is 1. The minimum atomic E-state index is -1.01. The van der Waals surface area contributed by atoms with E-state index in [2.05, 4.69) is 18.2 Å². The topological polar surface area (TPSA) is 85.3 Å². The molecule has 2 aromatic carbocycles. The smallest absolute Gasteiger partial charge is 0.306 e. The van der Waals surface area contributed by atoms with Crippen LogP contribution in [0.25, 0.3) is 0 Å². The minimum Gasteiger partial charge on any atom is -0.497 e. The predicted molar refractivity (Wildman–Crippen MR) is 145 cm³/mol. The van der Waals surface area contributed by atoms with E-state index < -0.39 is 18.0 Å². The minimum absolute atomic E-state index is 0.142. The summed E-state index contributed by atoms with van der Waals surface area (Å²) in [6.45, 7) is 0.722. The van der Waals surface area contributed by atoms with Crippen LogP contribution in [0.3, 0.4) is 0 Å². The Morgan fingerprint density at radius 2 is 1.59 bits per heavy atom. The molecule has 1 atom stereocenters. The molecular formula is C30H43NO6. The van der Waals surface area contributed by atoms with Crippen LogP contribution in [0, 0.1) is 0 Å². The van der Waals surface area contributed by atoms with Crippen LogP contribution in [0.4, 0.5) is 0 Å². The average Bonchev–Trinajstić information content (AvgIpc) is 2.88. The van der Waals surface area contributed by atoms with E-state index >= 15 is 0 Å². The van der Waals surface area contributed by atoms with Gasteiger partial charge in [0.1, 0.15) is 24.2 Å². The third kappa shape index (κ3) is 13.2. The van der Waals surface area contributed by atoms with Gasteiger partial charge in [0.2, 0.25) is 0 Å². The molecule has 0 aliphatic rings. The molecule has 0 aliphatic heterocycles. The lowest BCUT2D eigenvalue weighted by molar-refractivity contribution is -0.153. The van der Waals surface area contributed by atoms with Crippen LogP contribution < -0.4 is 9.47 Å². The van der Waals surface area contributed by atoms with Crippen LogP contribution in [0.2, 0.25) is 0 Å². The number of benzene rings is 2. The molecule has 1 N–H and O–H groups in total. The van der Waals surface area contributed by atoms with Crippen molar-refractivity contribution in [2.45, 2.75) is 70.3 Å². The van der Waals surface area contributed by atoms with Gasteiger partial charge in [-0.1, -0.05) is 56.0 Å². The van der Waals surface area contributed by atoms with Crippen LogP contribution in [0.15, 0.2) is 48.5 Å². The molecule has 0 saturated heterocycles. The van der Waals surface area contributed by atoms with Gasteiger partial charge in [0.15, 0.2) is 0 Å². The second kappa shape index (κ2) is 17.4. The highest BCUT2D eigenvalue weighted by Crippen LogP contribution is 2.22. The Morgan fingerprint density at radius 3 is 2.30 bits per heavy atom. The number of carboxylic acids is 1. The predicted octanol–water partition coefficient (Wildman–Crippen LogP) is 5.54. The Bertz CT molecular complexity index is 945. The molecule has 0 radical (unpaired) electrons. The molecule has 204 valence electrons. The largest absolute Gasteiger partial charge is 0.497 e. The molecule has 0 aliphatic carbocycles. The van der Waals surface area contributed by atoms with Gasteiger partial charge < -0.3 is 24.2 Å². The van der Waals surface area contributed by atoms with E-state index in [-0.39, 0.29) is 19.4 Å². The van der Waals surface area contributed by atoms with E-state index in [1.807, 2.05) is 49.3 Å². The van der Waals surface area contributed by atoms with Crippen LogP contribution in [0.1, 0.15) is 62.5 Å². The number of hydrogen-bond acceptors (Lipinski definition) is 6. The normalized spacial score (nSPS) is 11.8. The van der Waals surface area contributed by atoms with Crippen LogP contribution in [-0.2, 0) is 27.2 Å². The lowest BCUT2D eigenvalue weighted by atomic mass is 10.0. The van der Waals surface area contributed by atoms with Gasteiger partial charge in [0, 0.05) is 6.54 Å². The first-order valence-electron chi connectivity index (χ1n) is 13.3. The second-order valence-electron chi connectivity index (χ2n) is 9.66. The summed E-state index contributed by atoms with van der Waals surface area (Å²) in [6, 6.07) is 16.3. The monoisotopic (exact) mass is 513 g/mol. The third-order valence-corrected chi connectivity index (χ3v) is 6.10. The summed E-state index contributed by atoms with van der Waals surface area (Å²) in [5.74, 6) is 0.201. The maximum atomic E-state index is 12.0. The highest BCUT2D eigenvalue weighted by Gasteiger charge is 2.18. The number of carbonyl (C=O) groups is 2. The molecule has 0 aromatic heterocycles. The summed E-state index contributed by atoms with van der Waals surface area (Å²) in [6.07, 6.45) is 8.34. The second-order valence-corrected chi connectivity index (χ2v) is 9.66. The molecule has 7 heteroatoms. The SMILES string of the molecule is COc1cccc(CCCCCCCCc2ccccc2OCC(CN(C)C)OC(=O)CCC(=O)O)c1. The van der Waals surface area contributed by atoms with Crippen molar-refractivity contribution in [2.24, 2.45) is 0 Å². The van der Waals surface area contributed by atoms with Crippen LogP contribution in [0.5, 0.6) is 11.5 Å². The summed E-state index contributed by atoms with van der Waals surface area (Å²) in [5, 5.41) is 8.78. The van der Waals surface area contributed by atoms with Crippen molar-refractivity contribution in [1.29, 1.82) is 0 Å². The van der Waals surface area contributed by atoms with Crippen molar-refractivity contribution in [3.05, 3.63) is 59.7 Å².